The van der Waals surface area contributed by atoms with Crippen molar-refractivity contribution in [2.75, 3.05) is 20.9 Å². The van der Waals surface area contributed by atoms with Crippen molar-refractivity contribution in [2.45, 2.75) is 12.1 Å². The number of amides is 2. The molecule has 9 nitrogen and oxygen atoms in total. The van der Waals surface area contributed by atoms with Crippen molar-refractivity contribution >= 4 is 18.1 Å². The minimum atomic E-state index is -1.34. The molecule has 0 fully saturated rings. The molecule has 3 N–H and O–H groups in total. The monoisotopic (exact) mass is 323 g/mol. The second-order valence-corrected chi connectivity index (χ2v) is 4.28. The lowest BCUT2D eigenvalue weighted by atomic mass is 10.0. The number of nitrogens with zero attached hydrogens (tertiary/aromatic N) is 1. The molecule has 9 heteroatoms. The van der Waals surface area contributed by atoms with Crippen LogP contribution in [-0.4, -0.2) is 50.1 Å². The molecule has 1 rings (SSSR count). The summed E-state index contributed by atoms with van der Waals surface area (Å²) in [5.74, 6) is -0.254. The summed E-state index contributed by atoms with van der Waals surface area (Å²) in [5, 5.41) is 14.8. The molecule has 1 aromatic rings. The summed E-state index contributed by atoms with van der Waals surface area (Å²) in [7, 11) is 2.63. The van der Waals surface area contributed by atoms with E-state index in [1.54, 1.807) is 24.3 Å². The first-order chi connectivity index (χ1) is 11.0. The van der Waals surface area contributed by atoms with E-state index in [4.69, 9.17) is 4.74 Å². The lowest BCUT2D eigenvalue weighted by molar-refractivity contribution is -0.146. The van der Waals surface area contributed by atoms with Crippen molar-refractivity contribution < 1.29 is 29.0 Å². The molecule has 0 saturated heterocycles. The van der Waals surface area contributed by atoms with Gasteiger partial charge >= 0.3 is 12.0 Å². The van der Waals surface area contributed by atoms with Crippen molar-refractivity contribution in [3.8, 4) is 5.75 Å². The van der Waals surface area contributed by atoms with Gasteiger partial charge in [-0.1, -0.05) is 12.1 Å². The number of carbonyl (C=O) groups excluding carboxylic acids is 3. The van der Waals surface area contributed by atoms with E-state index in [2.05, 4.69) is 20.4 Å². The van der Waals surface area contributed by atoms with Crippen LogP contribution >= 0.6 is 0 Å². The van der Waals surface area contributed by atoms with E-state index in [1.165, 1.54) is 13.2 Å². The second-order valence-electron chi connectivity index (χ2n) is 4.28. The standard InChI is InChI=1S/C14H17N3O6/c1-22-10-5-3-9(4-6-10)12(19)11(13(20)23-2)17-14(21)16-7-15-8-18/h3-6,11-12,19H,7H2,1-2H3,(H2,16,17,21). The number of aliphatic hydroxyl groups is 1. The van der Waals surface area contributed by atoms with Crippen LogP contribution < -0.4 is 15.4 Å². The van der Waals surface area contributed by atoms with Crippen LogP contribution in [0.3, 0.4) is 0 Å². The van der Waals surface area contributed by atoms with Crippen LogP contribution in [0.4, 0.5) is 4.79 Å². The fourth-order valence-corrected chi connectivity index (χ4v) is 1.72. The second kappa shape index (κ2) is 9.19. The summed E-state index contributed by atoms with van der Waals surface area (Å²) < 4.78 is 9.58. The zero-order chi connectivity index (χ0) is 17.2. The Hall–Kier alpha value is -2.90. The topological polar surface area (TPSA) is 126 Å². The van der Waals surface area contributed by atoms with Gasteiger partial charge in [-0.05, 0) is 17.7 Å². The fraction of sp³-hybridized carbons (Fsp3) is 0.357. The molecule has 0 aromatic heterocycles. The van der Waals surface area contributed by atoms with Crippen LogP contribution in [0.5, 0.6) is 5.75 Å². The summed E-state index contributed by atoms with van der Waals surface area (Å²) in [5.41, 5.74) is 0.382. The SMILES string of the molecule is COC(=O)C(NC(=O)NCN=C=O)C(O)c1ccc(OC)cc1. The molecular formula is C14H17N3O6. The number of aliphatic hydroxyl groups excluding tert-OH is 1. The first kappa shape index (κ1) is 18.1. The maximum absolute atomic E-state index is 11.8. The Morgan fingerprint density at radius 3 is 2.48 bits per heavy atom. The molecular weight excluding hydrogens is 306 g/mol. The predicted molar refractivity (Wildman–Crippen MR) is 78.4 cm³/mol. The fourth-order valence-electron chi connectivity index (χ4n) is 1.72. The molecule has 2 atom stereocenters. The van der Waals surface area contributed by atoms with Gasteiger partial charge in [0.1, 0.15) is 18.5 Å². The van der Waals surface area contributed by atoms with Crippen LogP contribution in [0.15, 0.2) is 29.3 Å². The molecule has 0 aliphatic carbocycles. The van der Waals surface area contributed by atoms with E-state index in [0.717, 1.165) is 7.11 Å². The number of ether oxygens (including phenoxy) is 2. The zero-order valence-electron chi connectivity index (χ0n) is 12.6. The Balaban J connectivity index is 2.84. The summed E-state index contributed by atoms with van der Waals surface area (Å²) in [6.07, 6.45) is -0.0898. The molecule has 23 heavy (non-hydrogen) atoms. The number of urea groups is 1. The van der Waals surface area contributed by atoms with Crippen molar-refractivity contribution in [1.29, 1.82) is 0 Å². The molecule has 1 aromatic carbocycles. The van der Waals surface area contributed by atoms with Gasteiger partial charge in [0.15, 0.2) is 6.04 Å². The number of rotatable bonds is 7. The van der Waals surface area contributed by atoms with E-state index >= 15 is 0 Å². The average Bonchev–Trinajstić information content (AvgIpc) is 2.58. The molecule has 0 aliphatic rings. The molecule has 2 unspecified atom stereocenters. The van der Waals surface area contributed by atoms with Crippen molar-refractivity contribution in [1.82, 2.24) is 10.6 Å². The number of nitrogens with one attached hydrogen (secondary N) is 2. The minimum absolute atomic E-state index is 0.304. The Morgan fingerprint density at radius 2 is 1.96 bits per heavy atom. The van der Waals surface area contributed by atoms with Gasteiger partial charge in [0, 0.05) is 0 Å². The van der Waals surface area contributed by atoms with Gasteiger partial charge in [-0.3, -0.25) is 0 Å². The van der Waals surface area contributed by atoms with Gasteiger partial charge in [0.05, 0.1) is 14.2 Å². The first-order valence-corrected chi connectivity index (χ1v) is 6.51. The first-order valence-electron chi connectivity index (χ1n) is 6.51. The third-order valence-electron chi connectivity index (χ3n) is 2.90. The highest BCUT2D eigenvalue weighted by Gasteiger charge is 2.30. The van der Waals surface area contributed by atoms with Gasteiger partial charge < -0.3 is 25.2 Å². The number of esters is 1. The molecule has 124 valence electrons. The number of hydrogen-bond acceptors (Lipinski definition) is 7. The number of isocyanates is 1. The number of carbonyl (C=O) groups is 2. The lowest BCUT2D eigenvalue weighted by Gasteiger charge is -2.22. The van der Waals surface area contributed by atoms with Crippen LogP contribution in [0.2, 0.25) is 0 Å². The van der Waals surface area contributed by atoms with Crippen LogP contribution in [0, 0.1) is 0 Å². The highest BCUT2D eigenvalue weighted by atomic mass is 16.5. The summed E-state index contributed by atoms with van der Waals surface area (Å²) in [6.45, 7) is -0.304. The van der Waals surface area contributed by atoms with Crippen LogP contribution in [0.25, 0.3) is 0 Å². The Kier molecular flexibility index (Phi) is 7.25. The Bertz CT molecular complexity index is 583. The van der Waals surface area contributed by atoms with E-state index < -0.39 is 24.1 Å². The van der Waals surface area contributed by atoms with Gasteiger partial charge in [-0.25, -0.2) is 14.4 Å². The minimum Gasteiger partial charge on any atom is -0.497 e. The van der Waals surface area contributed by atoms with E-state index in [9.17, 15) is 19.5 Å². The van der Waals surface area contributed by atoms with Crippen molar-refractivity contribution in [3.05, 3.63) is 29.8 Å². The zero-order valence-corrected chi connectivity index (χ0v) is 12.6. The number of hydrogen-bond donors (Lipinski definition) is 3. The van der Waals surface area contributed by atoms with Crippen molar-refractivity contribution in [3.63, 3.8) is 0 Å². The van der Waals surface area contributed by atoms with Crippen LogP contribution in [-0.2, 0) is 14.3 Å². The normalized spacial score (nSPS) is 12.3. The summed E-state index contributed by atoms with van der Waals surface area (Å²) in [6, 6.07) is 4.17. The van der Waals surface area contributed by atoms with E-state index in [0.29, 0.717) is 11.3 Å². The van der Waals surface area contributed by atoms with Gasteiger partial charge in [0.25, 0.3) is 0 Å². The van der Waals surface area contributed by atoms with Gasteiger partial charge in [-0.15, -0.1) is 0 Å². The molecule has 2 amide bonds. The predicted octanol–water partition coefficient (Wildman–Crippen LogP) is -0.137. The molecule has 0 bridgehead atoms. The van der Waals surface area contributed by atoms with Gasteiger partial charge in [-0.2, -0.15) is 4.99 Å². The number of methoxy groups -OCH3 is 2. The molecule has 0 heterocycles. The highest BCUT2D eigenvalue weighted by Crippen LogP contribution is 2.21. The average molecular weight is 323 g/mol. The summed E-state index contributed by atoms with van der Waals surface area (Å²) >= 11 is 0. The Morgan fingerprint density at radius 1 is 1.30 bits per heavy atom. The number of benzene rings is 1. The third kappa shape index (κ3) is 5.42. The number of aliphatic imine (C=N–C) groups is 1. The quantitative estimate of drug-likeness (QED) is 0.364. The maximum Gasteiger partial charge on any atom is 0.331 e. The molecule has 0 saturated carbocycles. The lowest BCUT2D eigenvalue weighted by Crippen LogP contribution is -2.49. The van der Waals surface area contributed by atoms with E-state index in [1.807, 2.05) is 0 Å². The van der Waals surface area contributed by atoms with E-state index in [-0.39, 0.29) is 6.67 Å². The van der Waals surface area contributed by atoms with Crippen LogP contribution in [0.1, 0.15) is 11.7 Å². The molecule has 0 radical (unpaired) electrons. The summed E-state index contributed by atoms with van der Waals surface area (Å²) in [4.78, 5) is 36.5. The molecule has 0 spiro atoms. The largest absolute Gasteiger partial charge is 0.497 e. The maximum atomic E-state index is 11.8. The molecule has 0 aliphatic heterocycles. The van der Waals surface area contributed by atoms with Crippen molar-refractivity contribution in [2.24, 2.45) is 4.99 Å². The highest BCUT2D eigenvalue weighted by molar-refractivity contribution is 5.84. The van der Waals surface area contributed by atoms with Gasteiger partial charge in [0.2, 0.25) is 6.08 Å². The Labute approximate surface area is 132 Å². The smallest absolute Gasteiger partial charge is 0.331 e. The third-order valence-corrected chi connectivity index (χ3v) is 2.90.